The van der Waals surface area contributed by atoms with Crippen LogP contribution in [0, 0.1) is 11.3 Å². The number of aliphatic hydroxyl groups excluding tert-OH is 2. The number of nitrogens with zero attached hydrogens (tertiary/aromatic N) is 5. The van der Waals surface area contributed by atoms with E-state index in [2.05, 4.69) is 20.3 Å². The molecule has 1 aliphatic heterocycles. The summed E-state index contributed by atoms with van der Waals surface area (Å²) in [5.41, 5.74) is 1.08. The molecule has 3 aromatic rings. The molecular formula is C24H22F2N6O4. The van der Waals surface area contributed by atoms with E-state index < -0.39 is 37.2 Å². The summed E-state index contributed by atoms with van der Waals surface area (Å²) >= 11 is 0. The minimum absolute atomic E-state index is 0.0259. The SMILES string of the molecule is N#Cc1cc(-c2ccnc(Nc3ccccn3)n2)ccc1OC1CCN(C(=O)[C@@H](O)CO)CC1(F)F. The first kappa shape index (κ1) is 24.9. The van der Waals surface area contributed by atoms with Crippen LogP contribution in [0.3, 0.4) is 0 Å². The second-order valence-corrected chi connectivity index (χ2v) is 8.04. The number of carbonyl (C=O) groups excluding carboxylic acids is 1. The number of halogens is 2. The maximum Gasteiger partial charge on any atom is 0.301 e. The summed E-state index contributed by atoms with van der Waals surface area (Å²) in [4.78, 5) is 25.5. The second-order valence-electron chi connectivity index (χ2n) is 8.04. The average molecular weight is 496 g/mol. The van der Waals surface area contributed by atoms with Crippen molar-refractivity contribution in [1.29, 1.82) is 5.26 Å². The van der Waals surface area contributed by atoms with Crippen molar-refractivity contribution in [1.82, 2.24) is 19.9 Å². The van der Waals surface area contributed by atoms with Crippen LogP contribution in [0.5, 0.6) is 5.75 Å². The lowest BCUT2D eigenvalue weighted by Crippen LogP contribution is -2.57. The molecule has 1 amide bonds. The number of ether oxygens (including phenoxy) is 1. The number of hydrogen-bond donors (Lipinski definition) is 3. The number of aromatic nitrogens is 3. The fourth-order valence-corrected chi connectivity index (χ4v) is 3.71. The Kier molecular flexibility index (Phi) is 7.33. The fraction of sp³-hybridized carbons (Fsp3) is 0.292. The van der Waals surface area contributed by atoms with Crippen LogP contribution in [0.2, 0.25) is 0 Å². The van der Waals surface area contributed by atoms with Gasteiger partial charge in [-0.2, -0.15) is 5.26 Å². The number of amides is 1. The van der Waals surface area contributed by atoms with Crippen molar-refractivity contribution >= 4 is 17.7 Å². The van der Waals surface area contributed by atoms with Crippen molar-refractivity contribution in [2.45, 2.75) is 24.6 Å². The number of benzene rings is 1. The minimum atomic E-state index is -3.44. The fourth-order valence-electron chi connectivity index (χ4n) is 3.71. The summed E-state index contributed by atoms with van der Waals surface area (Å²) in [7, 11) is 0. The van der Waals surface area contributed by atoms with Crippen LogP contribution in [0.1, 0.15) is 12.0 Å². The van der Waals surface area contributed by atoms with Crippen LogP contribution in [0.25, 0.3) is 11.3 Å². The third-order valence-electron chi connectivity index (χ3n) is 5.53. The molecule has 186 valence electrons. The zero-order valence-corrected chi connectivity index (χ0v) is 18.9. The van der Waals surface area contributed by atoms with Gasteiger partial charge in [0.15, 0.2) is 12.2 Å². The molecule has 1 fully saturated rings. The van der Waals surface area contributed by atoms with Gasteiger partial charge in [-0.3, -0.25) is 4.79 Å². The maximum absolute atomic E-state index is 14.8. The van der Waals surface area contributed by atoms with Gasteiger partial charge in [0.25, 0.3) is 5.91 Å². The zero-order chi connectivity index (χ0) is 25.7. The average Bonchev–Trinajstić information content (AvgIpc) is 2.89. The van der Waals surface area contributed by atoms with Gasteiger partial charge < -0.3 is 25.2 Å². The number of nitriles is 1. The molecule has 12 heteroatoms. The van der Waals surface area contributed by atoms with E-state index in [-0.39, 0.29) is 30.2 Å². The molecule has 0 bridgehead atoms. The van der Waals surface area contributed by atoms with E-state index in [4.69, 9.17) is 9.84 Å². The summed E-state index contributed by atoms with van der Waals surface area (Å²) < 4.78 is 35.0. The smallest absolute Gasteiger partial charge is 0.301 e. The minimum Gasteiger partial charge on any atom is -0.483 e. The molecular weight excluding hydrogens is 474 g/mol. The number of carbonyl (C=O) groups is 1. The predicted octanol–water partition coefficient (Wildman–Crippen LogP) is 2.12. The lowest BCUT2D eigenvalue weighted by Gasteiger charge is -2.38. The highest BCUT2D eigenvalue weighted by molar-refractivity contribution is 5.81. The highest BCUT2D eigenvalue weighted by Gasteiger charge is 2.48. The number of aliphatic hydroxyl groups is 2. The van der Waals surface area contributed by atoms with E-state index in [1.54, 1.807) is 36.5 Å². The van der Waals surface area contributed by atoms with Crippen LogP contribution < -0.4 is 10.1 Å². The quantitative estimate of drug-likeness (QED) is 0.448. The molecule has 3 heterocycles. The Morgan fingerprint density at radius 2 is 2.11 bits per heavy atom. The van der Waals surface area contributed by atoms with Crippen LogP contribution >= 0.6 is 0 Å². The first-order chi connectivity index (χ1) is 17.3. The van der Waals surface area contributed by atoms with Gasteiger partial charge in [0.2, 0.25) is 5.95 Å². The summed E-state index contributed by atoms with van der Waals surface area (Å²) in [5.74, 6) is -3.60. The molecule has 3 N–H and O–H groups in total. The normalized spacial score (nSPS) is 17.6. The summed E-state index contributed by atoms with van der Waals surface area (Å²) in [6, 6.07) is 13.4. The van der Waals surface area contributed by atoms with E-state index in [0.717, 1.165) is 4.90 Å². The summed E-state index contributed by atoms with van der Waals surface area (Å²) in [5, 5.41) is 31.0. The first-order valence-electron chi connectivity index (χ1n) is 11.0. The number of nitrogens with one attached hydrogen (secondary N) is 1. The summed E-state index contributed by atoms with van der Waals surface area (Å²) in [6.07, 6.45) is -0.407. The van der Waals surface area contributed by atoms with Crippen LogP contribution in [-0.4, -0.2) is 73.8 Å². The van der Waals surface area contributed by atoms with Crippen molar-refractivity contribution in [2.24, 2.45) is 0 Å². The van der Waals surface area contributed by atoms with Crippen molar-refractivity contribution < 1.29 is 28.5 Å². The van der Waals surface area contributed by atoms with Gasteiger partial charge in [-0.05, 0) is 36.4 Å². The maximum atomic E-state index is 14.8. The molecule has 4 rings (SSSR count). The Labute approximate surface area is 204 Å². The predicted molar refractivity (Wildman–Crippen MR) is 123 cm³/mol. The van der Waals surface area contributed by atoms with Gasteiger partial charge in [0.05, 0.1) is 24.4 Å². The van der Waals surface area contributed by atoms with Crippen LogP contribution in [0.15, 0.2) is 54.9 Å². The number of piperidine rings is 1. The van der Waals surface area contributed by atoms with Gasteiger partial charge in [-0.15, -0.1) is 0 Å². The lowest BCUT2D eigenvalue weighted by molar-refractivity contribution is -0.167. The highest BCUT2D eigenvalue weighted by atomic mass is 19.3. The highest BCUT2D eigenvalue weighted by Crippen LogP contribution is 2.34. The first-order valence-corrected chi connectivity index (χ1v) is 11.0. The third kappa shape index (κ3) is 5.54. The van der Waals surface area contributed by atoms with E-state index in [0.29, 0.717) is 17.1 Å². The molecule has 0 saturated carbocycles. The molecule has 1 aromatic carbocycles. The van der Waals surface area contributed by atoms with Gasteiger partial charge >= 0.3 is 5.92 Å². The Balaban J connectivity index is 1.50. The number of likely N-dealkylation sites (tertiary alicyclic amines) is 1. The Bertz CT molecular complexity index is 1270. The van der Waals surface area contributed by atoms with E-state index >= 15 is 0 Å². The van der Waals surface area contributed by atoms with Gasteiger partial charge in [0.1, 0.15) is 17.6 Å². The monoisotopic (exact) mass is 496 g/mol. The number of alkyl halides is 2. The molecule has 2 aromatic heterocycles. The molecule has 10 nitrogen and oxygen atoms in total. The lowest BCUT2D eigenvalue weighted by atomic mass is 10.0. The van der Waals surface area contributed by atoms with E-state index in [9.17, 15) is 23.9 Å². The molecule has 0 spiro atoms. The standard InChI is InChI=1S/C24H22F2N6O4/c25-24(26)14-32(22(35)18(34)13-33)10-7-20(24)36-19-5-4-15(11-16(19)12-27)17-6-9-29-23(30-17)31-21-3-1-2-8-28-21/h1-6,8-9,11,18,20,33-34H,7,10,13-14H2,(H,28,29,30,31)/t18-,20?/m0/s1. The summed E-state index contributed by atoms with van der Waals surface area (Å²) in [6.45, 7) is -1.92. The molecule has 0 aliphatic carbocycles. The van der Waals surface area contributed by atoms with Gasteiger partial charge in [-0.1, -0.05) is 6.07 Å². The number of pyridine rings is 1. The molecule has 1 unspecified atom stereocenters. The van der Waals surface area contributed by atoms with E-state index in [1.807, 2.05) is 6.07 Å². The van der Waals surface area contributed by atoms with Crippen molar-refractivity contribution in [2.75, 3.05) is 25.0 Å². The van der Waals surface area contributed by atoms with Crippen LogP contribution in [-0.2, 0) is 4.79 Å². The number of anilines is 2. The molecule has 0 radical (unpaired) electrons. The van der Waals surface area contributed by atoms with Crippen molar-refractivity contribution in [3.05, 3.63) is 60.4 Å². The van der Waals surface area contributed by atoms with Crippen LogP contribution in [0.4, 0.5) is 20.5 Å². The molecule has 1 aliphatic rings. The van der Waals surface area contributed by atoms with Crippen molar-refractivity contribution in [3.63, 3.8) is 0 Å². The second kappa shape index (κ2) is 10.6. The van der Waals surface area contributed by atoms with E-state index in [1.165, 1.54) is 18.3 Å². The molecule has 2 atom stereocenters. The van der Waals surface area contributed by atoms with Gasteiger partial charge in [-0.25, -0.2) is 23.7 Å². The number of hydrogen-bond acceptors (Lipinski definition) is 9. The van der Waals surface area contributed by atoms with Crippen molar-refractivity contribution in [3.8, 4) is 23.1 Å². The van der Waals surface area contributed by atoms with Gasteiger partial charge in [0, 0.05) is 30.9 Å². The Hall–Kier alpha value is -4.21. The zero-order valence-electron chi connectivity index (χ0n) is 18.9. The molecule has 1 saturated heterocycles. The molecule has 36 heavy (non-hydrogen) atoms. The number of rotatable bonds is 7. The topological polar surface area (TPSA) is 144 Å². The largest absolute Gasteiger partial charge is 0.483 e. The third-order valence-corrected chi connectivity index (χ3v) is 5.53. The Morgan fingerprint density at radius 1 is 1.28 bits per heavy atom. The Morgan fingerprint density at radius 3 is 2.81 bits per heavy atom.